The van der Waals surface area contributed by atoms with Gasteiger partial charge in [-0.05, 0) is 69.9 Å². The standard InChI is InChI=1S/C67H43N5/c1-4-19-44(20-5-1)52-40-39-51(43-63(52)71-59-31-14-10-25-55(59)56-26-11-15-32-60(56)71)67-69-65(46-23-8-3-9-24-46)68-66(70-67)50-38-36-47-41-49(37-35-48(47)42-50)54-30-18-29-53(45-21-6-2-7-22-45)64(54)72-61-33-16-12-27-57(61)58-28-13-17-34-62(58)72/h1-43H. The van der Waals surface area contributed by atoms with E-state index in [2.05, 4.69) is 252 Å². The Balaban J connectivity index is 0.923. The highest BCUT2D eigenvalue weighted by molar-refractivity contribution is 6.11. The first-order valence-corrected chi connectivity index (χ1v) is 24.4. The molecular weight excluding hydrogens is 875 g/mol. The lowest BCUT2D eigenvalue weighted by Gasteiger charge is -2.19. The van der Waals surface area contributed by atoms with E-state index in [9.17, 15) is 0 Å². The van der Waals surface area contributed by atoms with Crippen LogP contribution in [0.25, 0.3) is 133 Å². The third-order valence-electron chi connectivity index (χ3n) is 14.2. The van der Waals surface area contributed by atoms with E-state index in [4.69, 9.17) is 15.0 Å². The van der Waals surface area contributed by atoms with E-state index in [1.165, 1.54) is 43.7 Å². The Bertz CT molecular complexity index is 4270. The van der Waals surface area contributed by atoms with Gasteiger partial charge in [-0.15, -0.1) is 0 Å². The minimum absolute atomic E-state index is 0.604. The van der Waals surface area contributed by atoms with Crippen molar-refractivity contribution in [1.82, 2.24) is 24.1 Å². The zero-order valence-electron chi connectivity index (χ0n) is 39.1. The number of benzene rings is 11. The first-order valence-electron chi connectivity index (χ1n) is 24.4. The summed E-state index contributed by atoms with van der Waals surface area (Å²) in [4.78, 5) is 15.7. The van der Waals surface area contributed by atoms with E-state index in [1.54, 1.807) is 0 Å². The molecule has 3 heterocycles. The second-order valence-electron chi connectivity index (χ2n) is 18.4. The number of fused-ring (bicyclic) bond motifs is 7. The molecule has 72 heavy (non-hydrogen) atoms. The minimum Gasteiger partial charge on any atom is -0.309 e. The SMILES string of the molecule is c1ccc(-c2nc(-c3ccc(-c4ccccc4)c(-n4c5ccccc5c5ccccc54)c3)nc(-c3ccc4cc(-c5cccc(-c6ccccc6)c5-n5c6ccccc6c6ccccc65)ccc4c3)n2)cc1. The molecule has 3 aromatic heterocycles. The Morgan fingerprint density at radius 1 is 0.236 bits per heavy atom. The summed E-state index contributed by atoms with van der Waals surface area (Å²) in [5.41, 5.74) is 16.5. The van der Waals surface area contributed by atoms with Gasteiger partial charge in [0.1, 0.15) is 0 Å². The molecule has 0 saturated carbocycles. The molecule has 5 nitrogen and oxygen atoms in total. The number of hydrogen-bond acceptors (Lipinski definition) is 3. The van der Waals surface area contributed by atoms with Gasteiger partial charge in [-0.25, -0.2) is 15.0 Å². The molecule has 0 aliphatic rings. The van der Waals surface area contributed by atoms with Gasteiger partial charge in [0.2, 0.25) is 0 Å². The van der Waals surface area contributed by atoms with Gasteiger partial charge >= 0.3 is 0 Å². The van der Waals surface area contributed by atoms with Crippen molar-refractivity contribution in [1.29, 1.82) is 0 Å². The van der Waals surface area contributed by atoms with Crippen molar-refractivity contribution >= 4 is 54.4 Å². The topological polar surface area (TPSA) is 48.5 Å². The van der Waals surface area contributed by atoms with E-state index in [0.29, 0.717) is 17.5 Å². The van der Waals surface area contributed by atoms with Crippen LogP contribution in [0.2, 0.25) is 0 Å². The number of rotatable bonds is 8. The Hall–Kier alpha value is -9.71. The predicted octanol–water partition coefficient (Wildman–Crippen LogP) is 17.2. The van der Waals surface area contributed by atoms with Crippen LogP contribution in [0.3, 0.4) is 0 Å². The summed E-state index contributed by atoms with van der Waals surface area (Å²) in [5.74, 6) is 1.83. The second-order valence-corrected chi connectivity index (χ2v) is 18.4. The molecule has 0 radical (unpaired) electrons. The molecule has 0 fully saturated rings. The average molecular weight is 918 g/mol. The van der Waals surface area contributed by atoms with Crippen molar-refractivity contribution in [3.63, 3.8) is 0 Å². The highest BCUT2D eigenvalue weighted by Gasteiger charge is 2.22. The van der Waals surface area contributed by atoms with Crippen molar-refractivity contribution < 1.29 is 0 Å². The normalized spacial score (nSPS) is 11.6. The summed E-state index contributed by atoms with van der Waals surface area (Å²) < 4.78 is 4.84. The van der Waals surface area contributed by atoms with E-state index in [-0.39, 0.29) is 0 Å². The summed E-state index contributed by atoms with van der Waals surface area (Å²) in [7, 11) is 0. The Morgan fingerprint density at radius 2 is 0.611 bits per heavy atom. The lowest BCUT2D eigenvalue weighted by Crippen LogP contribution is -2.02. The van der Waals surface area contributed by atoms with E-state index in [0.717, 1.165) is 72.1 Å². The minimum atomic E-state index is 0.604. The molecular formula is C67H43N5. The number of hydrogen-bond donors (Lipinski definition) is 0. The van der Waals surface area contributed by atoms with Gasteiger partial charge in [0.25, 0.3) is 0 Å². The van der Waals surface area contributed by atoms with Crippen LogP contribution in [0.1, 0.15) is 0 Å². The third kappa shape index (κ3) is 6.90. The van der Waals surface area contributed by atoms with Crippen molar-refractivity contribution in [2.75, 3.05) is 0 Å². The van der Waals surface area contributed by atoms with Crippen LogP contribution in [0.4, 0.5) is 0 Å². The van der Waals surface area contributed by atoms with Gasteiger partial charge in [-0.1, -0.05) is 218 Å². The monoisotopic (exact) mass is 917 g/mol. The first-order chi connectivity index (χ1) is 35.7. The predicted molar refractivity (Wildman–Crippen MR) is 299 cm³/mol. The molecule has 336 valence electrons. The molecule has 11 aromatic carbocycles. The van der Waals surface area contributed by atoms with Gasteiger partial charge in [-0.2, -0.15) is 0 Å². The Kier molecular flexibility index (Phi) is 9.78. The lowest BCUT2D eigenvalue weighted by atomic mass is 9.94. The molecule has 14 aromatic rings. The molecule has 0 N–H and O–H groups in total. The molecule has 5 heteroatoms. The highest BCUT2D eigenvalue weighted by atomic mass is 15.0. The van der Waals surface area contributed by atoms with Crippen LogP contribution in [-0.2, 0) is 0 Å². The van der Waals surface area contributed by atoms with Gasteiger partial charge in [0.15, 0.2) is 17.5 Å². The quantitative estimate of drug-likeness (QED) is 0.153. The second kappa shape index (κ2) is 17.1. The Morgan fingerprint density at radius 3 is 1.14 bits per heavy atom. The van der Waals surface area contributed by atoms with E-state index >= 15 is 0 Å². The van der Waals surface area contributed by atoms with Crippen molar-refractivity contribution in [3.05, 3.63) is 261 Å². The maximum atomic E-state index is 5.31. The van der Waals surface area contributed by atoms with Gasteiger partial charge in [-0.3, -0.25) is 0 Å². The maximum absolute atomic E-state index is 5.31. The van der Waals surface area contributed by atoms with Crippen LogP contribution in [-0.4, -0.2) is 24.1 Å². The van der Waals surface area contributed by atoms with E-state index < -0.39 is 0 Å². The summed E-state index contributed by atoms with van der Waals surface area (Å²) in [6.07, 6.45) is 0. The Labute approximate surface area is 416 Å². The lowest BCUT2D eigenvalue weighted by molar-refractivity contribution is 1.07. The summed E-state index contributed by atoms with van der Waals surface area (Å²) in [6.45, 7) is 0. The van der Waals surface area contributed by atoms with Crippen molar-refractivity contribution in [2.45, 2.75) is 0 Å². The largest absolute Gasteiger partial charge is 0.309 e. The molecule has 0 aliphatic heterocycles. The van der Waals surface area contributed by atoms with Gasteiger partial charge in [0, 0.05) is 54.9 Å². The maximum Gasteiger partial charge on any atom is 0.164 e. The smallest absolute Gasteiger partial charge is 0.164 e. The van der Waals surface area contributed by atoms with Crippen molar-refractivity contribution in [3.8, 4) is 78.9 Å². The van der Waals surface area contributed by atoms with Crippen LogP contribution in [0, 0.1) is 0 Å². The zero-order valence-corrected chi connectivity index (χ0v) is 39.1. The third-order valence-corrected chi connectivity index (χ3v) is 14.2. The summed E-state index contributed by atoms with van der Waals surface area (Å²) in [5, 5.41) is 7.10. The zero-order chi connectivity index (χ0) is 47.5. The van der Waals surface area contributed by atoms with Crippen LogP contribution in [0.5, 0.6) is 0 Å². The molecule has 0 bridgehead atoms. The summed E-state index contributed by atoms with van der Waals surface area (Å²) >= 11 is 0. The fourth-order valence-electron chi connectivity index (χ4n) is 10.8. The molecule has 0 spiro atoms. The highest BCUT2D eigenvalue weighted by Crippen LogP contribution is 2.43. The molecule has 0 saturated heterocycles. The fraction of sp³-hybridized carbons (Fsp3) is 0. The number of para-hydroxylation sites is 5. The molecule has 0 amide bonds. The fourth-order valence-corrected chi connectivity index (χ4v) is 10.8. The molecule has 0 atom stereocenters. The first kappa shape index (κ1) is 41.3. The average Bonchev–Trinajstić information content (AvgIpc) is 3.98. The van der Waals surface area contributed by atoms with Crippen LogP contribution in [0.15, 0.2) is 261 Å². The molecule has 14 rings (SSSR count). The number of nitrogens with zero attached hydrogens (tertiary/aromatic N) is 5. The van der Waals surface area contributed by atoms with Gasteiger partial charge < -0.3 is 9.13 Å². The van der Waals surface area contributed by atoms with Crippen LogP contribution < -0.4 is 0 Å². The van der Waals surface area contributed by atoms with Crippen molar-refractivity contribution in [2.24, 2.45) is 0 Å². The molecule has 0 unspecified atom stereocenters. The van der Waals surface area contributed by atoms with Crippen LogP contribution >= 0.6 is 0 Å². The van der Waals surface area contributed by atoms with E-state index in [1.807, 2.05) is 18.2 Å². The number of aromatic nitrogens is 5. The van der Waals surface area contributed by atoms with Gasteiger partial charge in [0.05, 0.1) is 33.4 Å². The summed E-state index contributed by atoms with van der Waals surface area (Å²) in [6, 6.07) is 93.0. The molecule has 0 aliphatic carbocycles.